The van der Waals surface area contributed by atoms with Crippen LogP contribution in [0.3, 0.4) is 0 Å². The Hall–Kier alpha value is -1.29. The third-order valence-corrected chi connectivity index (χ3v) is 2.84. The summed E-state index contributed by atoms with van der Waals surface area (Å²) in [5, 5.41) is 3.15. The second-order valence-corrected chi connectivity index (χ2v) is 4.27. The normalized spacial score (nSPS) is 16.8. The molecule has 4 heteroatoms. The van der Waals surface area contributed by atoms with Gasteiger partial charge in [0.2, 0.25) is 0 Å². The zero-order valence-corrected chi connectivity index (χ0v) is 9.56. The van der Waals surface area contributed by atoms with Gasteiger partial charge in [0, 0.05) is 6.54 Å². The van der Waals surface area contributed by atoms with E-state index in [1.807, 2.05) is 12.1 Å². The SMILES string of the molecule is Cc1cc(C2=CCNCC2)cc(C(F)(F)F)c1. The van der Waals surface area contributed by atoms with Crippen LogP contribution in [-0.2, 0) is 6.18 Å². The topological polar surface area (TPSA) is 12.0 Å². The molecule has 0 bridgehead atoms. The number of alkyl halides is 3. The first-order valence-electron chi connectivity index (χ1n) is 5.56. The largest absolute Gasteiger partial charge is 0.416 e. The van der Waals surface area contributed by atoms with E-state index in [1.54, 1.807) is 6.92 Å². The number of hydrogen-bond acceptors (Lipinski definition) is 1. The van der Waals surface area contributed by atoms with Crippen molar-refractivity contribution in [3.05, 3.63) is 41.0 Å². The lowest BCUT2D eigenvalue weighted by Crippen LogP contribution is -2.20. The number of aryl methyl sites for hydroxylation is 1. The molecule has 1 aliphatic heterocycles. The highest BCUT2D eigenvalue weighted by molar-refractivity contribution is 5.67. The minimum absolute atomic E-state index is 0.563. The van der Waals surface area contributed by atoms with Crippen LogP contribution in [0.5, 0.6) is 0 Å². The summed E-state index contributed by atoms with van der Waals surface area (Å²) >= 11 is 0. The van der Waals surface area contributed by atoms with Crippen molar-refractivity contribution in [3.63, 3.8) is 0 Å². The first-order chi connectivity index (χ1) is 7.97. The van der Waals surface area contributed by atoms with Gasteiger partial charge in [0.05, 0.1) is 5.56 Å². The smallest absolute Gasteiger partial charge is 0.313 e. The minimum atomic E-state index is -4.27. The van der Waals surface area contributed by atoms with Crippen LogP contribution in [-0.4, -0.2) is 13.1 Å². The average molecular weight is 241 g/mol. The second kappa shape index (κ2) is 4.53. The molecule has 0 spiro atoms. The van der Waals surface area contributed by atoms with Gasteiger partial charge in [-0.15, -0.1) is 0 Å². The third-order valence-electron chi connectivity index (χ3n) is 2.84. The maximum absolute atomic E-state index is 12.7. The maximum atomic E-state index is 12.7. The van der Waals surface area contributed by atoms with Gasteiger partial charge in [-0.3, -0.25) is 0 Å². The molecular weight excluding hydrogens is 227 g/mol. The van der Waals surface area contributed by atoms with E-state index in [0.717, 1.165) is 25.1 Å². The monoisotopic (exact) mass is 241 g/mol. The van der Waals surface area contributed by atoms with Crippen LogP contribution in [0.15, 0.2) is 24.3 Å². The quantitative estimate of drug-likeness (QED) is 0.794. The number of benzene rings is 1. The third kappa shape index (κ3) is 2.88. The molecule has 0 fully saturated rings. The Balaban J connectivity index is 2.41. The van der Waals surface area contributed by atoms with Gasteiger partial charge in [0.25, 0.3) is 0 Å². The highest BCUT2D eigenvalue weighted by Gasteiger charge is 2.31. The van der Waals surface area contributed by atoms with E-state index in [1.165, 1.54) is 12.1 Å². The van der Waals surface area contributed by atoms with Crippen molar-refractivity contribution in [2.45, 2.75) is 19.5 Å². The van der Waals surface area contributed by atoms with Gasteiger partial charge >= 0.3 is 6.18 Å². The summed E-state index contributed by atoms with van der Waals surface area (Å²) in [5.74, 6) is 0. The summed E-state index contributed by atoms with van der Waals surface area (Å²) in [6, 6.07) is 4.24. The molecule has 92 valence electrons. The van der Waals surface area contributed by atoms with E-state index in [2.05, 4.69) is 5.32 Å². The standard InChI is InChI=1S/C13H14F3N/c1-9-6-11(10-2-4-17-5-3-10)8-12(7-9)13(14,15)16/h2,6-8,17H,3-5H2,1H3. The van der Waals surface area contributed by atoms with E-state index < -0.39 is 11.7 Å². The summed E-state index contributed by atoms with van der Waals surface area (Å²) < 4.78 is 38.0. The number of nitrogens with one attached hydrogen (secondary N) is 1. The van der Waals surface area contributed by atoms with Gasteiger partial charge in [-0.25, -0.2) is 0 Å². The summed E-state index contributed by atoms with van der Waals surface area (Å²) in [5.41, 5.74) is 1.78. The summed E-state index contributed by atoms with van der Waals surface area (Å²) in [4.78, 5) is 0. The average Bonchev–Trinajstić information content (AvgIpc) is 2.28. The van der Waals surface area contributed by atoms with E-state index in [-0.39, 0.29) is 0 Å². The Morgan fingerprint density at radius 2 is 1.94 bits per heavy atom. The maximum Gasteiger partial charge on any atom is 0.416 e. The van der Waals surface area contributed by atoms with Crippen LogP contribution in [0.25, 0.3) is 5.57 Å². The Kier molecular flexibility index (Phi) is 3.24. The van der Waals surface area contributed by atoms with Crippen molar-refractivity contribution in [2.24, 2.45) is 0 Å². The molecule has 1 aromatic rings. The van der Waals surface area contributed by atoms with Crippen LogP contribution in [0.4, 0.5) is 13.2 Å². The fourth-order valence-electron chi connectivity index (χ4n) is 2.02. The Morgan fingerprint density at radius 1 is 1.18 bits per heavy atom. The van der Waals surface area contributed by atoms with Gasteiger partial charge < -0.3 is 5.32 Å². The molecule has 0 saturated heterocycles. The molecule has 0 saturated carbocycles. The Bertz CT molecular complexity index is 446. The highest BCUT2D eigenvalue weighted by atomic mass is 19.4. The lowest BCUT2D eigenvalue weighted by atomic mass is 9.96. The zero-order valence-electron chi connectivity index (χ0n) is 9.56. The van der Waals surface area contributed by atoms with E-state index in [9.17, 15) is 13.2 Å². The van der Waals surface area contributed by atoms with Gasteiger partial charge in [0.15, 0.2) is 0 Å². The molecule has 0 unspecified atom stereocenters. The van der Waals surface area contributed by atoms with Gasteiger partial charge in [-0.05, 0) is 48.7 Å². The first-order valence-corrected chi connectivity index (χ1v) is 5.56. The molecule has 1 N–H and O–H groups in total. The van der Waals surface area contributed by atoms with E-state index >= 15 is 0 Å². The van der Waals surface area contributed by atoms with Crippen molar-refractivity contribution < 1.29 is 13.2 Å². The highest BCUT2D eigenvalue weighted by Crippen LogP contribution is 2.32. The number of halogens is 3. The van der Waals surface area contributed by atoms with Crippen molar-refractivity contribution in [1.82, 2.24) is 5.32 Å². The molecule has 1 heterocycles. The van der Waals surface area contributed by atoms with E-state index in [0.29, 0.717) is 11.1 Å². The molecule has 0 radical (unpaired) electrons. The Labute approximate surface area is 98.3 Å². The zero-order chi connectivity index (χ0) is 12.5. The van der Waals surface area contributed by atoms with Crippen molar-refractivity contribution in [3.8, 4) is 0 Å². The molecule has 0 atom stereocenters. The fourth-order valence-corrected chi connectivity index (χ4v) is 2.02. The van der Waals surface area contributed by atoms with Gasteiger partial charge in [-0.2, -0.15) is 13.2 Å². The number of rotatable bonds is 1. The van der Waals surface area contributed by atoms with Gasteiger partial charge in [-0.1, -0.05) is 12.1 Å². The van der Waals surface area contributed by atoms with Crippen LogP contribution in [0.1, 0.15) is 23.1 Å². The van der Waals surface area contributed by atoms with Gasteiger partial charge in [0.1, 0.15) is 0 Å². The van der Waals surface area contributed by atoms with Crippen LogP contribution in [0.2, 0.25) is 0 Å². The van der Waals surface area contributed by atoms with Crippen molar-refractivity contribution in [1.29, 1.82) is 0 Å². The lowest BCUT2D eigenvalue weighted by Gasteiger charge is -2.16. The van der Waals surface area contributed by atoms with Crippen molar-refractivity contribution in [2.75, 3.05) is 13.1 Å². The molecular formula is C13H14F3N. The fraction of sp³-hybridized carbons (Fsp3) is 0.385. The molecule has 0 aliphatic carbocycles. The van der Waals surface area contributed by atoms with Crippen LogP contribution < -0.4 is 5.32 Å². The van der Waals surface area contributed by atoms with E-state index in [4.69, 9.17) is 0 Å². The summed E-state index contributed by atoms with van der Waals surface area (Å²) in [6.45, 7) is 3.24. The summed E-state index contributed by atoms with van der Waals surface area (Å²) in [6.07, 6.45) is -1.53. The summed E-state index contributed by atoms with van der Waals surface area (Å²) in [7, 11) is 0. The van der Waals surface area contributed by atoms with Crippen LogP contribution in [0, 0.1) is 6.92 Å². The molecule has 1 aromatic carbocycles. The number of hydrogen-bond donors (Lipinski definition) is 1. The lowest BCUT2D eigenvalue weighted by molar-refractivity contribution is -0.137. The molecule has 1 aliphatic rings. The first kappa shape index (κ1) is 12.2. The minimum Gasteiger partial charge on any atom is -0.313 e. The predicted molar refractivity (Wildman–Crippen MR) is 61.6 cm³/mol. The van der Waals surface area contributed by atoms with Crippen molar-refractivity contribution >= 4 is 5.57 Å². The predicted octanol–water partition coefficient (Wildman–Crippen LogP) is 3.39. The molecule has 0 aromatic heterocycles. The van der Waals surface area contributed by atoms with Crippen LogP contribution >= 0.6 is 0 Å². The molecule has 2 rings (SSSR count). The molecule has 0 amide bonds. The molecule has 1 nitrogen and oxygen atoms in total. The molecule has 17 heavy (non-hydrogen) atoms. The Morgan fingerprint density at radius 3 is 2.53 bits per heavy atom. The second-order valence-electron chi connectivity index (χ2n) is 4.27.